The second-order valence-corrected chi connectivity index (χ2v) is 9.67. The Morgan fingerprint density at radius 3 is 2.38 bits per heavy atom. The summed E-state index contributed by atoms with van der Waals surface area (Å²) < 4.78 is 11.2. The van der Waals surface area contributed by atoms with Gasteiger partial charge >= 0.3 is 12.1 Å². The maximum absolute atomic E-state index is 13.0. The molecule has 0 aromatic heterocycles. The molecular formula is C23H31NO5. The van der Waals surface area contributed by atoms with Crippen molar-refractivity contribution in [2.45, 2.75) is 78.7 Å². The van der Waals surface area contributed by atoms with Crippen LogP contribution in [0.25, 0.3) is 0 Å². The fourth-order valence-corrected chi connectivity index (χ4v) is 4.12. The Balaban J connectivity index is 1.78. The third-order valence-electron chi connectivity index (χ3n) is 5.95. The number of ether oxygens (including phenoxy) is 2. The Hall–Kier alpha value is -2.37. The van der Waals surface area contributed by atoms with E-state index in [1.807, 2.05) is 51.1 Å². The molecule has 3 rings (SSSR count). The second kappa shape index (κ2) is 8.17. The Labute approximate surface area is 172 Å². The molecule has 0 unspecified atom stereocenters. The van der Waals surface area contributed by atoms with E-state index in [1.165, 1.54) is 4.90 Å². The molecule has 2 fully saturated rings. The highest BCUT2D eigenvalue weighted by atomic mass is 16.6. The van der Waals surface area contributed by atoms with Gasteiger partial charge in [0.2, 0.25) is 0 Å². The molecule has 0 bridgehead atoms. The van der Waals surface area contributed by atoms with Crippen molar-refractivity contribution in [1.82, 2.24) is 4.90 Å². The highest BCUT2D eigenvalue weighted by Crippen LogP contribution is 2.43. The predicted molar refractivity (Wildman–Crippen MR) is 108 cm³/mol. The zero-order chi connectivity index (χ0) is 21.2. The summed E-state index contributed by atoms with van der Waals surface area (Å²) in [6, 6.07) is 8.75. The van der Waals surface area contributed by atoms with E-state index < -0.39 is 23.8 Å². The molecule has 1 heterocycles. The Kier molecular flexibility index (Phi) is 6.01. The van der Waals surface area contributed by atoms with Crippen LogP contribution >= 0.6 is 0 Å². The van der Waals surface area contributed by atoms with E-state index in [9.17, 15) is 14.4 Å². The monoisotopic (exact) mass is 401 g/mol. The second-order valence-electron chi connectivity index (χ2n) is 9.67. The molecule has 1 aromatic rings. The van der Waals surface area contributed by atoms with Crippen molar-refractivity contribution in [3.05, 3.63) is 35.9 Å². The summed E-state index contributed by atoms with van der Waals surface area (Å²) in [6.07, 6.45) is 1.76. The molecule has 6 nitrogen and oxygen atoms in total. The van der Waals surface area contributed by atoms with E-state index in [1.54, 1.807) is 0 Å². The SMILES string of the molecule is CC1(C[C@H]2C(=O)O[C@@H](C(C)(C)C)N2C(=O)OCc2ccccc2)CCC(=O)CC1. The number of amides is 1. The van der Waals surface area contributed by atoms with Crippen LogP contribution in [0.4, 0.5) is 4.79 Å². The van der Waals surface area contributed by atoms with Crippen molar-refractivity contribution in [2.24, 2.45) is 10.8 Å². The summed E-state index contributed by atoms with van der Waals surface area (Å²) in [5.41, 5.74) is 0.260. The number of hydrogen-bond donors (Lipinski definition) is 0. The van der Waals surface area contributed by atoms with Crippen LogP contribution in [0.5, 0.6) is 0 Å². The molecule has 1 aromatic carbocycles. The number of carbonyl (C=O) groups is 3. The smallest absolute Gasteiger partial charge is 0.413 e. The number of carbonyl (C=O) groups excluding carboxylic acids is 3. The first kappa shape index (κ1) is 21.3. The lowest BCUT2D eigenvalue weighted by molar-refractivity contribution is -0.147. The number of esters is 1. The molecule has 29 heavy (non-hydrogen) atoms. The van der Waals surface area contributed by atoms with Crippen LogP contribution in [-0.2, 0) is 25.7 Å². The Morgan fingerprint density at radius 1 is 1.17 bits per heavy atom. The maximum Gasteiger partial charge on any atom is 0.413 e. The van der Waals surface area contributed by atoms with Crippen molar-refractivity contribution >= 4 is 17.8 Å². The van der Waals surface area contributed by atoms with Crippen LogP contribution < -0.4 is 0 Å². The van der Waals surface area contributed by atoms with Gasteiger partial charge in [-0.1, -0.05) is 58.0 Å². The van der Waals surface area contributed by atoms with Crippen LogP contribution in [-0.4, -0.2) is 35.0 Å². The van der Waals surface area contributed by atoms with Gasteiger partial charge in [0.1, 0.15) is 18.4 Å². The number of Topliss-reactive ketones (excluding diaryl/α,β-unsaturated/α-hetero) is 1. The largest absolute Gasteiger partial charge is 0.444 e. The van der Waals surface area contributed by atoms with E-state index in [2.05, 4.69) is 6.92 Å². The lowest BCUT2D eigenvalue weighted by atomic mass is 9.71. The van der Waals surface area contributed by atoms with Gasteiger partial charge in [-0.2, -0.15) is 0 Å². The van der Waals surface area contributed by atoms with Crippen molar-refractivity contribution in [2.75, 3.05) is 0 Å². The summed E-state index contributed by atoms with van der Waals surface area (Å²) >= 11 is 0. The van der Waals surface area contributed by atoms with Gasteiger partial charge < -0.3 is 9.47 Å². The average molecular weight is 402 g/mol. The maximum atomic E-state index is 13.0. The first-order chi connectivity index (χ1) is 13.6. The molecule has 1 aliphatic heterocycles. The van der Waals surface area contributed by atoms with Gasteiger partial charge in [0.15, 0.2) is 6.23 Å². The highest BCUT2D eigenvalue weighted by molar-refractivity contribution is 5.85. The van der Waals surface area contributed by atoms with E-state index >= 15 is 0 Å². The van der Waals surface area contributed by atoms with Crippen LogP contribution in [0.1, 0.15) is 65.4 Å². The van der Waals surface area contributed by atoms with Gasteiger partial charge in [0.25, 0.3) is 0 Å². The van der Waals surface area contributed by atoms with Gasteiger partial charge in [-0.15, -0.1) is 0 Å². The molecule has 1 saturated heterocycles. The first-order valence-electron chi connectivity index (χ1n) is 10.3. The fourth-order valence-electron chi connectivity index (χ4n) is 4.12. The molecule has 1 saturated carbocycles. The van der Waals surface area contributed by atoms with Crippen LogP contribution in [0.3, 0.4) is 0 Å². The molecule has 2 aliphatic rings. The van der Waals surface area contributed by atoms with Gasteiger partial charge in [-0.3, -0.25) is 9.69 Å². The van der Waals surface area contributed by atoms with Crippen LogP contribution in [0, 0.1) is 10.8 Å². The van der Waals surface area contributed by atoms with Gasteiger partial charge in [-0.25, -0.2) is 9.59 Å². The standard InChI is InChI=1S/C23H31NO5/c1-22(2,3)20-24(21(27)28-15-16-8-6-5-7-9-16)18(19(26)29-20)14-23(4)12-10-17(25)11-13-23/h5-9,18,20H,10-15H2,1-4H3/t18-,20-/m0/s1. The van der Waals surface area contributed by atoms with E-state index in [0.717, 1.165) is 18.4 Å². The highest BCUT2D eigenvalue weighted by Gasteiger charge is 2.52. The third kappa shape index (κ3) is 4.98. The Morgan fingerprint density at radius 2 is 1.79 bits per heavy atom. The van der Waals surface area contributed by atoms with Gasteiger partial charge in [0.05, 0.1) is 0 Å². The van der Waals surface area contributed by atoms with Crippen LogP contribution in [0.15, 0.2) is 30.3 Å². The number of nitrogens with zero attached hydrogens (tertiary/aromatic N) is 1. The molecule has 158 valence electrons. The Bertz CT molecular complexity index is 757. The minimum Gasteiger partial charge on any atom is -0.444 e. The molecule has 0 N–H and O–H groups in total. The molecular weight excluding hydrogens is 370 g/mol. The normalized spacial score (nSPS) is 24.3. The molecule has 1 amide bonds. The van der Waals surface area contributed by atoms with Crippen molar-refractivity contribution in [3.63, 3.8) is 0 Å². The molecule has 6 heteroatoms. The lowest BCUT2D eigenvalue weighted by Gasteiger charge is -2.38. The van der Waals surface area contributed by atoms with Crippen molar-refractivity contribution < 1.29 is 23.9 Å². The number of rotatable bonds is 4. The number of benzene rings is 1. The number of hydrogen-bond acceptors (Lipinski definition) is 5. The topological polar surface area (TPSA) is 72.9 Å². The summed E-state index contributed by atoms with van der Waals surface area (Å²) in [4.78, 5) is 38.9. The summed E-state index contributed by atoms with van der Waals surface area (Å²) in [5, 5.41) is 0. The fraction of sp³-hybridized carbons (Fsp3) is 0.609. The third-order valence-corrected chi connectivity index (χ3v) is 5.95. The number of ketones is 1. The minimum absolute atomic E-state index is 0.139. The summed E-state index contributed by atoms with van der Waals surface area (Å²) in [7, 11) is 0. The van der Waals surface area contributed by atoms with Crippen molar-refractivity contribution in [1.29, 1.82) is 0 Å². The van der Waals surface area contributed by atoms with E-state index in [4.69, 9.17) is 9.47 Å². The van der Waals surface area contributed by atoms with Gasteiger partial charge in [0, 0.05) is 18.3 Å². The van der Waals surface area contributed by atoms with Crippen molar-refractivity contribution in [3.8, 4) is 0 Å². The van der Waals surface area contributed by atoms with E-state index in [0.29, 0.717) is 19.3 Å². The minimum atomic E-state index is -0.694. The zero-order valence-electron chi connectivity index (χ0n) is 17.8. The molecule has 1 aliphatic carbocycles. The van der Waals surface area contributed by atoms with Gasteiger partial charge in [-0.05, 0) is 30.2 Å². The zero-order valence-corrected chi connectivity index (χ0v) is 17.8. The summed E-state index contributed by atoms with van der Waals surface area (Å²) in [5.74, 6) is -0.122. The average Bonchev–Trinajstić information content (AvgIpc) is 3.00. The summed E-state index contributed by atoms with van der Waals surface area (Å²) in [6.45, 7) is 8.04. The molecule has 2 atom stereocenters. The van der Waals surface area contributed by atoms with E-state index in [-0.39, 0.29) is 23.8 Å². The molecule has 0 spiro atoms. The van der Waals surface area contributed by atoms with Crippen LogP contribution in [0.2, 0.25) is 0 Å². The predicted octanol–water partition coefficient (Wildman–Crippen LogP) is 4.46. The first-order valence-corrected chi connectivity index (χ1v) is 10.3. The number of cyclic esters (lactones) is 1. The molecule has 0 radical (unpaired) electrons. The quantitative estimate of drug-likeness (QED) is 0.697. The lowest BCUT2D eigenvalue weighted by Crippen LogP contribution is -2.49.